The van der Waals surface area contributed by atoms with Gasteiger partial charge >= 0.3 is 0 Å². The average molecular weight is 1340 g/mol. The zero-order valence-electron chi connectivity index (χ0n) is 68.2. The van der Waals surface area contributed by atoms with Gasteiger partial charge in [0.25, 0.3) is 0 Å². The van der Waals surface area contributed by atoms with Gasteiger partial charge in [0, 0.05) is 111 Å². The molecule has 96 heavy (non-hydrogen) atoms. The Morgan fingerprint density at radius 3 is 0.875 bits per heavy atom. The number of aromatic nitrogens is 6. The maximum absolute atomic E-state index is 5.42. The van der Waals surface area contributed by atoms with Crippen molar-refractivity contribution in [1.82, 2.24) is 66.3 Å². The molecule has 17 heteroatoms. The first kappa shape index (κ1) is 81.9. The van der Waals surface area contributed by atoms with Crippen LogP contribution in [0.1, 0.15) is 327 Å². The number of hydrogen-bond acceptors (Lipinski definition) is 17. The number of anilines is 4. The van der Waals surface area contributed by atoms with Gasteiger partial charge in [-0.25, -0.2) is 0 Å². The van der Waals surface area contributed by atoms with Gasteiger partial charge in [-0.2, -0.15) is 29.9 Å². The van der Waals surface area contributed by atoms with E-state index >= 15 is 0 Å². The molecular weight excluding hydrogens is 1190 g/mol. The molecule has 6 N–H and O–H groups in total. The molecule has 2 aromatic heterocycles. The van der Waals surface area contributed by atoms with E-state index in [0.717, 1.165) is 120 Å². The number of piperidine rings is 5. The number of nitrogens with zero attached hydrogens (tertiary/aromatic N) is 11. The second-order valence-corrected chi connectivity index (χ2v) is 40.2. The predicted molar refractivity (Wildman–Crippen MR) is 412 cm³/mol. The third-order valence-electron chi connectivity index (χ3n) is 21.1. The molecule has 5 fully saturated rings. The van der Waals surface area contributed by atoms with Crippen molar-refractivity contribution in [3.63, 3.8) is 0 Å². The molecule has 5 saturated heterocycles. The lowest BCUT2D eigenvalue weighted by molar-refractivity contribution is 0.0802. The number of aryl methyl sites for hydroxylation is 2. The highest BCUT2D eigenvalue weighted by molar-refractivity contribution is 5.43. The van der Waals surface area contributed by atoms with Gasteiger partial charge in [0.05, 0.1) is 0 Å². The summed E-state index contributed by atoms with van der Waals surface area (Å²) in [5.41, 5.74) is 1.09. The van der Waals surface area contributed by atoms with Gasteiger partial charge in [-0.3, -0.25) is 0 Å². The highest BCUT2D eigenvalue weighted by Crippen LogP contribution is 2.40. The van der Waals surface area contributed by atoms with Crippen LogP contribution in [0.3, 0.4) is 0 Å². The van der Waals surface area contributed by atoms with Crippen LogP contribution in [0.25, 0.3) is 0 Å². The number of unbranched alkanes of at least 4 members (excludes halogenated alkanes) is 7. The summed E-state index contributed by atoms with van der Waals surface area (Å²) in [4.78, 5) is 43.3. The van der Waals surface area contributed by atoms with E-state index in [9.17, 15) is 0 Å². The average Bonchev–Trinajstić information content (AvgIpc) is 0.790. The second-order valence-electron chi connectivity index (χ2n) is 40.2. The van der Waals surface area contributed by atoms with Crippen molar-refractivity contribution in [3.05, 3.63) is 11.6 Å². The molecule has 5 aliphatic heterocycles. The number of nitrogens with one attached hydrogen (secondary N) is 6. The summed E-state index contributed by atoms with van der Waals surface area (Å²) in [7, 11) is 4.68. The molecule has 0 bridgehead atoms. The summed E-state index contributed by atoms with van der Waals surface area (Å²) < 4.78 is 0. The van der Waals surface area contributed by atoms with Gasteiger partial charge < -0.3 is 56.4 Å². The topological polar surface area (TPSA) is 166 Å². The molecule has 0 amide bonds. The van der Waals surface area contributed by atoms with Crippen LogP contribution in [0.5, 0.6) is 0 Å². The molecule has 5 aliphatic rings. The molecule has 7 heterocycles. The number of hydrogen-bond donors (Lipinski definition) is 6. The van der Waals surface area contributed by atoms with Crippen molar-refractivity contribution >= 4 is 23.8 Å². The molecule has 0 aromatic carbocycles. The minimum atomic E-state index is -0.125. The summed E-state index contributed by atoms with van der Waals surface area (Å²) in [6, 6.07) is 2.39. The highest BCUT2D eigenvalue weighted by Gasteiger charge is 2.46. The lowest BCUT2D eigenvalue weighted by Crippen LogP contribution is -2.63. The molecule has 7 rings (SSSR count). The smallest absolute Gasteiger partial charge is 0.230 e. The third kappa shape index (κ3) is 26.7. The Morgan fingerprint density at radius 2 is 0.594 bits per heavy atom. The van der Waals surface area contributed by atoms with Crippen molar-refractivity contribution in [2.45, 2.75) is 420 Å². The fraction of sp³-hybridized carbons (Fsp3) is 0.924. The van der Waals surface area contributed by atoms with Gasteiger partial charge in [0.15, 0.2) is 0 Å². The molecule has 17 nitrogen and oxygen atoms in total. The lowest BCUT2D eigenvalue weighted by atomic mass is 9.79. The van der Waals surface area contributed by atoms with Gasteiger partial charge in [0.1, 0.15) is 11.6 Å². The molecule has 0 unspecified atom stereocenters. The quantitative estimate of drug-likeness (QED) is 0.0445. The molecule has 0 radical (unpaired) electrons. The zero-order valence-corrected chi connectivity index (χ0v) is 68.2. The van der Waals surface area contributed by atoms with E-state index in [1.165, 1.54) is 77.3 Å². The molecule has 2 aromatic rings. The Bertz CT molecular complexity index is 2660. The summed E-state index contributed by atoms with van der Waals surface area (Å²) in [6.07, 6.45) is 24.3. The van der Waals surface area contributed by atoms with Crippen molar-refractivity contribution in [2.24, 2.45) is 5.41 Å². The Labute approximate surface area is 591 Å². The minimum Gasteiger partial charge on any atom is -0.349 e. The van der Waals surface area contributed by atoms with Crippen molar-refractivity contribution in [2.75, 3.05) is 66.8 Å². The first-order valence-corrected chi connectivity index (χ1v) is 38.7. The van der Waals surface area contributed by atoms with Gasteiger partial charge in [-0.1, -0.05) is 59.8 Å². The Kier molecular flexibility index (Phi) is 27.0. The maximum Gasteiger partial charge on any atom is 0.230 e. The fourth-order valence-corrected chi connectivity index (χ4v) is 19.7. The van der Waals surface area contributed by atoms with Gasteiger partial charge in [0.2, 0.25) is 23.8 Å². The van der Waals surface area contributed by atoms with E-state index < -0.39 is 0 Å². The Hall–Kier alpha value is -3.06. The second kappa shape index (κ2) is 31.7. The van der Waals surface area contributed by atoms with E-state index in [2.05, 4.69) is 257 Å². The summed E-state index contributed by atoms with van der Waals surface area (Å²) in [5.74, 6) is 4.87. The SMILES string of the molecule is CCCCN(c1nc(C)nc(N(CCCCCCN(C)C2CC(C)(C)NC(C)(C)C2)C2CC(C)(C)NC(C)(C)C2)n1)C1CC(C)(C)NC(C)(C)C1.Cc1nc(NC(C)(C)CC(C)(C)C)nc(N(CCCCCCN(C)C2CC(C)(C)NC(C)(C)C2)C2CC(C)(C)NC(C)(C)C2)n1. The third-order valence-corrected chi connectivity index (χ3v) is 21.1. The van der Waals surface area contributed by atoms with Crippen LogP contribution in [0.2, 0.25) is 0 Å². The van der Waals surface area contributed by atoms with E-state index in [0.29, 0.717) is 36.2 Å². The normalized spacial score (nSPS) is 23.3. The summed E-state index contributed by atoms with van der Waals surface area (Å²) >= 11 is 0. The Balaban J connectivity index is 0.000000306. The highest BCUT2D eigenvalue weighted by atomic mass is 15.4. The van der Waals surface area contributed by atoms with Crippen molar-refractivity contribution in [3.8, 4) is 0 Å². The summed E-state index contributed by atoms with van der Waals surface area (Å²) in [6.45, 7) is 70.0. The number of rotatable bonds is 28. The van der Waals surface area contributed by atoms with Crippen LogP contribution in [0, 0.1) is 19.3 Å². The van der Waals surface area contributed by atoms with Gasteiger partial charge in [-0.05, 0) is 302 Å². The maximum atomic E-state index is 5.42. The largest absolute Gasteiger partial charge is 0.349 e. The summed E-state index contributed by atoms with van der Waals surface area (Å²) in [5, 5.41) is 23.0. The van der Waals surface area contributed by atoms with E-state index in [-0.39, 0.29) is 66.3 Å². The van der Waals surface area contributed by atoms with Gasteiger partial charge in [-0.15, -0.1) is 0 Å². The molecule has 0 saturated carbocycles. The van der Waals surface area contributed by atoms with Crippen LogP contribution < -0.4 is 46.6 Å². The molecule has 554 valence electrons. The van der Waals surface area contributed by atoms with Crippen LogP contribution >= 0.6 is 0 Å². The van der Waals surface area contributed by atoms with E-state index in [1.54, 1.807) is 0 Å². The molecular formula is C79H153N17. The first-order chi connectivity index (χ1) is 43.7. The van der Waals surface area contributed by atoms with Crippen LogP contribution in [-0.4, -0.2) is 178 Å². The van der Waals surface area contributed by atoms with Crippen LogP contribution in [0.15, 0.2) is 0 Å². The van der Waals surface area contributed by atoms with Crippen LogP contribution in [-0.2, 0) is 0 Å². The zero-order chi connectivity index (χ0) is 72.1. The fourth-order valence-electron chi connectivity index (χ4n) is 19.7. The first-order valence-electron chi connectivity index (χ1n) is 38.7. The van der Waals surface area contributed by atoms with Crippen molar-refractivity contribution in [1.29, 1.82) is 0 Å². The van der Waals surface area contributed by atoms with Crippen LogP contribution in [0.4, 0.5) is 23.8 Å². The van der Waals surface area contributed by atoms with E-state index in [4.69, 9.17) is 29.9 Å². The minimum absolute atomic E-state index is 0.0390. The standard InChI is InChI=1S/C42H81N9.C37H72N8/c1-16-17-23-50(33-27-39(7,8)47-40(9,10)28-33)35-43-31(2)44-36(45-35)51(34-29-41(11,12)48-42(13,14)30-34)24-21-19-18-20-22-49(15)32-25-37(3,4)46-38(5,6)26-32;1-27-38-30(41-37(13,14)26-32(2,3)4)40-31(39-27)45(29-24-35(9,10)43-36(11,12)25-29)21-19-17-16-18-20-44(15)28-22-33(5,6)42-34(7,8)23-28/h32-34,46-48H,16-30H2,1-15H3;28-29,42-43H,16-26H2,1-15H3,(H,38,39,40,41). The molecule has 0 atom stereocenters. The van der Waals surface area contributed by atoms with E-state index in [1.807, 2.05) is 6.92 Å². The molecule has 0 spiro atoms. The van der Waals surface area contributed by atoms with Crippen molar-refractivity contribution < 1.29 is 0 Å². The lowest BCUT2D eigenvalue weighted by Gasteiger charge is -2.50. The molecule has 0 aliphatic carbocycles. The predicted octanol–water partition coefficient (Wildman–Crippen LogP) is 15.7. The Morgan fingerprint density at radius 1 is 0.344 bits per heavy atom. The monoisotopic (exact) mass is 1340 g/mol.